The molecule has 0 saturated carbocycles. The van der Waals surface area contributed by atoms with Crippen molar-refractivity contribution in [1.82, 2.24) is 14.7 Å². The van der Waals surface area contributed by atoms with Crippen molar-refractivity contribution in [2.24, 2.45) is 23.2 Å². The van der Waals surface area contributed by atoms with Gasteiger partial charge < -0.3 is 29.3 Å². The first-order valence-electron chi connectivity index (χ1n) is 18.3. The molecule has 274 valence electrons. The molecule has 9 atom stereocenters. The molecule has 0 aliphatic carbocycles. The summed E-state index contributed by atoms with van der Waals surface area (Å²) >= 11 is 0. The van der Waals surface area contributed by atoms with Crippen molar-refractivity contribution < 1.29 is 33.8 Å². The Morgan fingerprint density at radius 1 is 1.02 bits per heavy atom. The second-order valence-corrected chi connectivity index (χ2v) is 16.6. The first-order valence-corrected chi connectivity index (χ1v) is 18.3. The number of nitrogens with zero attached hydrogens (tertiary/aromatic N) is 3. The molecule has 0 aromatic heterocycles. The molecule has 5 bridgehead atoms. The zero-order valence-corrected chi connectivity index (χ0v) is 31.3. The molecule has 4 heterocycles. The van der Waals surface area contributed by atoms with Crippen LogP contribution in [-0.2, 0) is 28.7 Å². The molecule has 2 saturated heterocycles. The molecule has 10 heteroatoms. The van der Waals surface area contributed by atoms with Gasteiger partial charge in [0.2, 0.25) is 17.7 Å². The maximum absolute atomic E-state index is 15.3. The molecule has 50 heavy (non-hydrogen) atoms. The van der Waals surface area contributed by atoms with E-state index in [9.17, 15) is 19.5 Å². The molecule has 1 aromatic carbocycles. The van der Waals surface area contributed by atoms with Crippen molar-refractivity contribution in [1.29, 1.82) is 0 Å². The van der Waals surface area contributed by atoms with Gasteiger partial charge in [-0.05, 0) is 50.5 Å². The van der Waals surface area contributed by atoms with Crippen molar-refractivity contribution in [3.8, 4) is 0 Å². The van der Waals surface area contributed by atoms with Gasteiger partial charge in [-0.1, -0.05) is 95.7 Å². The van der Waals surface area contributed by atoms with Crippen LogP contribution in [-0.4, -0.2) is 99.1 Å². The van der Waals surface area contributed by atoms with Gasteiger partial charge in [0.25, 0.3) is 0 Å². The van der Waals surface area contributed by atoms with Crippen LogP contribution in [0.15, 0.2) is 54.6 Å². The van der Waals surface area contributed by atoms with Crippen LogP contribution >= 0.6 is 0 Å². The summed E-state index contributed by atoms with van der Waals surface area (Å²) in [7, 11) is 1.72. The maximum Gasteiger partial charge on any atom is 0.313 e. The highest BCUT2D eigenvalue weighted by Crippen LogP contribution is 2.57. The number of cyclic esters (lactones) is 1. The van der Waals surface area contributed by atoms with E-state index in [1.165, 1.54) is 0 Å². The number of esters is 1. The molecule has 1 spiro atoms. The van der Waals surface area contributed by atoms with Gasteiger partial charge in [0.15, 0.2) is 0 Å². The largest absolute Gasteiger partial charge is 0.455 e. The normalized spacial score (nSPS) is 32.7. The Labute approximate surface area is 297 Å². The average molecular weight is 692 g/mol. The number of hydrogen-bond acceptors (Lipinski definition) is 7. The molecule has 10 nitrogen and oxygen atoms in total. The van der Waals surface area contributed by atoms with Gasteiger partial charge in [-0.2, -0.15) is 0 Å². The number of ether oxygens (including phenoxy) is 2. The fourth-order valence-corrected chi connectivity index (χ4v) is 8.91. The van der Waals surface area contributed by atoms with Crippen LogP contribution in [0.4, 0.5) is 0 Å². The summed E-state index contributed by atoms with van der Waals surface area (Å²) in [5.74, 6) is -3.58. The molecule has 5 rings (SSSR count). The summed E-state index contributed by atoms with van der Waals surface area (Å²) in [5.41, 5.74) is -1.47. The molecule has 4 aliphatic rings. The number of benzene rings is 1. The molecule has 4 aliphatic heterocycles. The fourth-order valence-electron chi connectivity index (χ4n) is 8.91. The fraction of sp³-hybridized carbons (Fsp3) is 0.650. The Bertz CT molecular complexity index is 1500. The third kappa shape index (κ3) is 6.77. The maximum atomic E-state index is 15.3. The first-order chi connectivity index (χ1) is 23.5. The number of aliphatic hydroxyl groups is 1. The lowest BCUT2D eigenvalue weighted by atomic mass is 9.74. The molecule has 0 radical (unpaired) electrons. The highest BCUT2D eigenvalue weighted by molar-refractivity contribution is 5.99. The summed E-state index contributed by atoms with van der Waals surface area (Å²) in [5, 5.41) is 10.8. The van der Waals surface area contributed by atoms with Gasteiger partial charge in [-0.3, -0.25) is 19.2 Å². The monoisotopic (exact) mass is 691 g/mol. The van der Waals surface area contributed by atoms with Crippen molar-refractivity contribution in [3.05, 3.63) is 60.2 Å². The van der Waals surface area contributed by atoms with Crippen molar-refractivity contribution >= 4 is 23.7 Å². The highest BCUT2D eigenvalue weighted by Gasteiger charge is 2.74. The number of fused-ring (bicyclic) bond motifs is 2. The average Bonchev–Trinajstić information content (AvgIpc) is 3.70. The van der Waals surface area contributed by atoms with Gasteiger partial charge >= 0.3 is 5.97 Å². The van der Waals surface area contributed by atoms with Gasteiger partial charge in [-0.25, -0.2) is 0 Å². The first kappa shape index (κ1) is 37.7. The number of aliphatic hydroxyl groups excluding tert-OH is 1. The van der Waals surface area contributed by atoms with E-state index in [1.54, 1.807) is 29.0 Å². The van der Waals surface area contributed by atoms with Crippen LogP contribution in [0.1, 0.15) is 92.7 Å². The number of carbonyl (C=O) groups excluding carboxylic acids is 4. The van der Waals surface area contributed by atoms with E-state index in [4.69, 9.17) is 9.47 Å². The Morgan fingerprint density at radius 3 is 2.32 bits per heavy atom. The number of rotatable bonds is 7. The molecule has 3 amide bonds. The Kier molecular flexibility index (Phi) is 10.8. The second kappa shape index (κ2) is 14.3. The Balaban J connectivity index is 1.68. The minimum Gasteiger partial charge on any atom is -0.455 e. The van der Waals surface area contributed by atoms with E-state index in [-0.39, 0.29) is 42.7 Å². The summed E-state index contributed by atoms with van der Waals surface area (Å²) < 4.78 is 13.0. The van der Waals surface area contributed by atoms with E-state index >= 15 is 4.79 Å². The van der Waals surface area contributed by atoms with Crippen LogP contribution in [0, 0.1) is 23.2 Å². The lowest BCUT2D eigenvalue weighted by Gasteiger charge is -2.46. The van der Waals surface area contributed by atoms with E-state index in [2.05, 4.69) is 20.8 Å². The number of allylic oxidation sites excluding steroid dienone is 1. The van der Waals surface area contributed by atoms with E-state index < -0.39 is 65.2 Å². The molecular weight excluding hydrogens is 634 g/mol. The van der Waals surface area contributed by atoms with Crippen LogP contribution in [0.3, 0.4) is 0 Å². The summed E-state index contributed by atoms with van der Waals surface area (Å²) in [6.45, 7) is 16.2. The topological polar surface area (TPSA) is 117 Å². The Hall–Kier alpha value is -3.50. The molecular formula is C40H57N3O7. The zero-order valence-electron chi connectivity index (χ0n) is 31.3. The summed E-state index contributed by atoms with van der Waals surface area (Å²) in [6, 6.07) is 7.02. The molecule has 1 aromatic rings. The van der Waals surface area contributed by atoms with Crippen molar-refractivity contribution in [2.45, 2.75) is 123 Å². The van der Waals surface area contributed by atoms with Crippen molar-refractivity contribution in [3.63, 3.8) is 0 Å². The number of hydrogen-bond donors (Lipinski definition) is 1. The van der Waals surface area contributed by atoms with Gasteiger partial charge in [0.05, 0.1) is 30.7 Å². The Morgan fingerprint density at radius 2 is 1.70 bits per heavy atom. The van der Waals surface area contributed by atoms with Crippen LogP contribution in [0.2, 0.25) is 0 Å². The molecule has 0 unspecified atom stereocenters. The quantitative estimate of drug-likeness (QED) is 0.314. The lowest BCUT2D eigenvalue weighted by Crippen LogP contribution is -2.63. The lowest BCUT2D eigenvalue weighted by molar-refractivity contribution is -0.165. The zero-order chi connectivity index (χ0) is 36.8. The molecule has 1 N–H and O–H groups in total. The van der Waals surface area contributed by atoms with Gasteiger partial charge in [0, 0.05) is 25.6 Å². The minimum absolute atomic E-state index is 0.0976. The highest BCUT2D eigenvalue weighted by atomic mass is 16.6. The van der Waals surface area contributed by atoms with E-state index in [0.717, 1.165) is 5.56 Å². The minimum atomic E-state index is -1.42. The van der Waals surface area contributed by atoms with Crippen molar-refractivity contribution in [2.75, 3.05) is 20.2 Å². The van der Waals surface area contributed by atoms with Crippen LogP contribution in [0.25, 0.3) is 0 Å². The van der Waals surface area contributed by atoms with Crippen LogP contribution < -0.4 is 0 Å². The van der Waals surface area contributed by atoms with E-state index in [0.29, 0.717) is 19.3 Å². The number of likely N-dealkylation sites (N-methyl/N-ethyl adjacent to an activating group) is 1. The number of carbonyl (C=O) groups is 4. The predicted molar refractivity (Wildman–Crippen MR) is 190 cm³/mol. The van der Waals surface area contributed by atoms with E-state index in [1.807, 2.05) is 82.0 Å². The number of amides is 3. The second-order valence-electron chi connectivity index (χ2n) is 16.6. The smallest absolute Gasteiger partial charge is 0.313 e. The number of likely N-dealkylation sites (tertiary alicyclic amines) is 1. The third-order valence-corrected chi connectivity index (χ3v) is 11.4. The summed E-state index contributed by atoms with van der Waals surface area (Å²) in [6.07, 6.45) is 7.91. The standard InChI is InChI=1S/C40H57N3O7/c1-10-25(2)28(23-44)43-34-36(47)42(39(7,8)24-38(4,5)6)22-16-12-15-19-30(45)41(9)26(3)33(27-17-13-11-14-18-27)49-37(48)31-29-20-21-40(34,50-29)32(31)35(43)46/h11-14,16-18,20-21,25-26,28-29,31-34,44H,10,15,19,22-24H2,1-9H3/b16-12-/t25-,26-,28-,29+,31-,32-,33+,34+,40-/m0/s1. The third-order valence-electron chi connectivity index (χ3n) is 11.4. The predicted octanol–water partition coefficient (Wildman–Crippen LogP) is 5.07. The van der Waals surface area contributed by atoms with Gasteiger partial charge in [-0.15, -0.1) is 0 Å². The SMILES string of the molecule is CC[C@H](C)[C@H](CO)N1C(=O)[C@@H]2[C@H]3C(=O)O[C@@H](c4ccccc4)[C@H](C)N(C)C(=O)CC/C=C\CN(C(C)(C)CC(C)(C)C)C(=O)[C@@H]1[C@]21C=C[C@H]3O1. The molecule has 2 fully saturated rings. The summed E-state index contributed by atoms with van der Waals surface area (Å²) in [4.78, 5) is 63.1. The van der Waals surface area contributed by atoms with Gasteiger partial charge in [0.1, 0.15) is 23.7 Å². The van der Waals surface area contributed by atoms with Crippen LogP contribution in [0.5, 0.6) is 0 Å².